The molecular formula is C21H34N2O3. The normalized spacial score (nSPS) is 23.1. The lowest BCUT2D eigenvalue weighted by molar-refractivity contribution is 0.0132. The topological polar surface area (TPSA) is 45.2 Å². The lowest BCUT2D eigenvalue weighted by Gasteiger charge is -2.46. The number of ether oxygens (including phenoxy) is 2. The highest BCUT2D eigenvalue weighted by Crippen LogP contribution is 2.32. The molecule has 3 rings (SSSR count). The highest BCUT2D eigenvalue weighted by molar-refractivity contribution is 5.44. The predicted octanol–water partition coefficient (Wildman–Crippen LogP) is 2.91. The number of nitrogens with zero attached hydrogens (tertiary/aromatic N) is 2. The van der Waals surface area contributed by atoms with Gasteiger partial charge in [0.1, 0.15) is 11.5 Å². The molecule has 2 fully saturated rings. The molecule has 146 valence electrons. The molecule has 0 unspecified atom stereocenters. The predicted molar refractivity (Wildman–Crippen MR) is 104 cm³/mol. The molecule has 1 aliphatic heterocycles. The number of methoxy groups -OCH3 is 2. The summed E-state index contributed by atoms with van der Waals surface area (Å²) in [4.78, 5) is 5.17. The van der Waals surface area contributed by atoms with E-state index < -0.39 is 0 Å². The number of hydrogen-bond acceptors (Lipinski definition) is 5. The third kappa shape index (κ3) is 4.51. The summed E-state index contributed by atoms with van der Waals surface area (Å²) in [7, 11) is 3.43. The Hall–Kier alpha value is -1.30. The van der Waals surface area contributed by atoms with Crippen LogP contribution in [0.25, 0.3) is 0 Å². The fourth-order valence-electron chi connectivity index (χ4n) is 4.68. The van der Waals surface area contributed by atoms with Gasteiger partial charge in [-0.05, 0) is 31.4 Å². The molecule has 1 heterocycles. The maximum atomic E-state index is 9.59. The van der Waals surface area contributed by atoms with Crippen LogP contribution in [0.3, 0.4) is 0 Å². The molecule has 0 spiro atoms. The van der Waals surface area contributed by atoms with E-state index in [4.69, 9.17) is 9.47 Å². The standard InChI is InChI=1S/C21H34N2O3/c1-25-20-9-6-10-21(26-2)19(20)16-22-12-13-23(18(15-22)11-14-24)17-7-4-3-5-8-17/h6,9-10,17-18,24H,3-5,7-8,11-16H2,1-2H3/t18-/m1/s1. The van der Waals surface area contributed by atoms with Crippen LogP contribution in [0.1, 0.15) is 44.1 Å². The summed E-state index contributed by atoms with van der Waals surface area (Å²) in [6, 6.07) is 7.13. The minimum atomic E-state index is 0.264. The van der Waals surface area contributed by atoms with Crippen molar-refractivity contribution >= 4 is 0 Å². The van der Waals surface area contributed by atoms with Gasteiger partial charge in [-0.3, -0.25) is 9.80 Å². The Morgan fingerprint density at radius 2 is 1.73 bits per heavy atom. The summed E-state index contributed by atoms with van der Waals surface area (Å²) in [6.45, 7) is 4.23. The molecule has 1 saturated heterocycles. The van der Waals surface area contributed by atoms with E-state index in [-0.39, 0.29) is 6.61 Å². The van der Waals surface area contributed by atoms with E-state index >= 15 is 0 Å². The molecule has 1 atom stereocenters. The van der Waals surface area contributed by atoms with Gasteiger partial charge in [-0.2, -0.15) is 0 Å². The largest absolute Gasteiger partial charge is 0.496 e. The molecule has 5 heteroatoms. The minimum Gasteiger partial charge on any atom is -0.496 e. The second-order valence-electron chi connectivity index (χ2n) is 7.57. The van der Waals surface area contributed by atoms with Crippen LogP contribution in [-0.4, -0.2) is 67.5 Å². The number of hydrogen-bond donors (Lipinski definition) is 1. The lowest BCUT2D eigenvalue weighted by Crippen LogP contribution is -2.56. The van der Waals surface area contributed by atoms with Gasteiger partial charge in [-0.25, -0.2) is 0 Å². The second-order valence-corrected chi connectivity index (χ2v) is 7.57. The maximum Gasteiger partial charge on any atom is 0.127 e. The Morgan fingerprint density at radius 1 is 1.04 bits per heavy atom. The van der Waals surface area contributed by atoms with Gasteiger partial charge in [0.05, 0.1) is 19.8 Å². The molecular weight excluding hydrogens is 328 g/mol. The monoisotopic (exact) mass is 362 g/mol. The van der Waals surface area contributed by atoms with Crippen molar-refractivity contribution in [3.05, 3.63) is 23.8 Å². The Kier molecular flexibility index (Phi) is 7.17. The van der Waals surface area contributed by atoms with Crippen molar-refractivity contribution < 1.29 is 14.6 Å². The average Bonchev–Trinajstić information content (AvgIpc) is 2.69. The van der Waals surface area contributed by atoms with Gasteiger partial charge < -0.3 is 14.6 Å². The first-order chi connectivity index (χ1) is 12.8. The van der Waals surface area contributed by atoms with E-state index in [0.717, 1.165) is 49.7 Å². The Bertz CT molecular complexity index is 538. The quantitative estimate of drug-likeness (QED) is 0.808. The van der Waals surface area contributed by atoms with Crippen LogP contribution in [-0.2, 0) is 6.54 Å². The van der Waals surface area contributed by atoms with Gasteiger partial charge in [-0.1, -0.05) is 25.3 Å². The summed E-state index contributed by atoms with van der Waals surface area (Å²) in [6.07, 6.45) is 7.60. The van der Waals surface area contributed by atoms with Crippen LogP contribution >= 0.6 is 0 Å². The fourth-order valence-corrected chi connectivity index (χ4v) is 4.68. The van der Waals surface area contributed by atoms with E-state index in [2.05, 4.69) is 9.80 Å². The SMILES string of the molecule is COc1cccc(OC)c1CN1CCN(C2CCCCC2)[C@H](CCO)C1. The van der Waals surface area contributed by atoms with Gasteiger partial charge in [0.25, 0.3) is 0 Å². The molecule has 0 bridgehead atoms. The average molecular weight is 363 g/mol. The number of piperazine rings is 1. The van der Waals surface area contributed by atoms with Crippen molar-refractivity contribution in [2.75, 3.05) is 40.5 Å². The van der Waals surface area contributed by atoms with Gasteiger partial charge >= 0.3 is 0 Å². The van der Waals surface area contributed by atoms with Crippen molar-refractivity contribution in [1.29, 1.82) is 0 Å². The van der Waals surface area contributed by atoms with E-state index in [1.54, 1.807) is 14.2 Å². The fraction of sp³-hybridized carbons (Fsp3) is 0.714. The summed E-state index contributed by atoms with van der Waals surface area (Å²) in [5.74, 6) is 1.77. The van der Waals surface area contributed by atoms with Crippen LogP contribution in [0, 0.1) is 0 Å². The van der Waals surface area contributed by atoms with Crippen molar-refractivity contribution in [3.8, 4) is 11.5 Å². The molecule has 1 aromatic rings. The van der Waals surface area contributed by atoms with Crippen LogP contribution in [0.5, 0.6) is 11.5 Å². The molecule has 2 aliphatic rings. The maximum absolute atomic E-state index is 9.59. The number of benzene rings is 1. The molecule has 1 aliphatic carbocycles. The second kappa shape index (κ2) is 9.58. The van der Waals surface area contributed by atoms with E-state index in [1.165, 1.54) is 32.1 Å². The third-order valence-corrected chi connectivity index (χ3v) is 6.03. The zero-order valence-corrected chi connectivity index (χ0v) is 16.3. The Balaban J connectivity index is 1.69. The zero-order chi connectivity index (χ0) is 18.4. The van der Waals surface area contributed by atoms with Gasteiger partial charge in [0.2, 0.25) is 0 Å². The van der Waals surface area contributed by atoms with Crippen LogP contribution in [0.4, 0.5) is 0 Å². The van der Waals surface area contributed by atoms with Gasteiger partial charge in [0, 0.05) is 44.9 Å². The molecule has 0 radical (unpaired) electrons. The van der Waals surface area contributed by atoms with Crippen LogP contribution in [0.2, 0.25) is 0 Å². The molecule has 1 aromatic carbocycles. The summed E-state index contributed by atoms with van der Waals surface area (Å²) in [5, 5.41) is 9.59. The molecule has 0 aromatic heterocycles. The van der Waals surface area contributed by atoms with E-state index in [0.29, 0.717) is 12.1 Å². The minimum absolute atomic E-state index is 0.264. The third-order valence-electron chi connectivity index (χ3n) is 6.03. The van der Waals surface area contributed by atoms with Crippen LogP contribution in [0.15, 0.2) is 18.2 Å². The van der Waals surface area contributed by atoms with Crippen molar-refractivity contribution in [1.82, 2.24) is 9.80 Å². The number of aliphatic hydroxyl groups is 1. The zero-order valence-electron chi connectivity index (χ0n) is 16.3. The Labute approximate surface area is 157 Å². The van der Waals surface area contributed by atoms with Crippen molar-refractivity contribution in [2.24, 2.45) is 0 Å². The first-order valence-corrected chi connectivity index (χ1v) is 10.1. The van der Waals surface area contributed by atoms with Crippen molar-refractivity contribution in [2.45, 2.75) is 57.2 Å². The summed E-state index contributed by atoms with van der Waals surface area (Å²) < 4.78 is 11.1. The number of rotatable bonds is 7. The lowest BCUT2D eigenvalue weighted by atomic mass is 9.91. The first-order valence-electron chi connectivity index (χ1n) is 10.1. The molecule has 5 nitrogen and oxygen atoms in total. The van der Waals surface area contributed by atoms with Gasteiger partial charge in [0.15, 0.2) is 0 Å². The van der Waals surface area contributed by atoms with E-state index in [1.807, 2.05) is 18.2 Å². The molecule has 1 N–H and O–H groups in total. The Morgan fingerprint density at radius 3 is 2.35 bits per heavy atom. The first kappa shape index (κ1) is 19.5. The van der Waals surface area contributed by atoms with Crippen LogP contribution < -0.4 is 9.47 Å². The highest BCUT2D eigenvalue weighted by atomic mass is 16.5. The van der Waals surface area contributed by atoms with E-state index in [9.17, 15) is 5.11 Å². The van der Waals surface area contributed by atoms with Crippen molar-refractivity contribution in [3.63, 3.8) is 0 Å². The summed E-state index contributed by atoms with van der Waals surface area (Å²) in [5.41, 5.74) is 1.12. The highest BCUT2D eigenvalue weighted by Gasteiger charge is 2.32. The number of aliphatic hydroxyl groups excluding tert-OH is 1. The molecule has 26 heavy (non-hydrogen) atoms. The van der Waals surface area contributed by atoms with Gasteiger partial charge in [-0.15, -0.1) is 0 Å². The summed E-state index contributed by atoms with van der Waals surface area (Å²) >= 11 is 0. The smallest absolute Gasteiger partial charge is 0.127 e. The molecule has 1 saturated carbocycles. The molecule has 0 amide bonds.